The number of nitrogens with zero attached hydrogens (tertiary/aromatic N) is 1. The number of carbonyl (C=O) groups is 2. The number of rotatable bonds is 2. The maximum absolute atomic E-state index is 12.0. The lowest BCUT2D eigenvalue weighted by Crippen LogP contribution is -2.44. The van der Waals surface area contributed by atoms with Crippen molar-refractivity contribution in [2.75, 3.05) is 13.1 Å². The first-order chi connectivity index (χ1) is 7.13. The molecule has 0 aromatic rings. The molecule has 1 aliphatic carbocycles. The lowest BCUT2D eigenvalue weighted by Gasteiger charge is -2.31. The fourth-order valence-electron chi connectivity index (χ4n) is 2.37. The van der Waals surface area contributed by atoms with E-state index in [0.717, 1.165) is 12.8 Å². The molecule has 84 valence electrons. The third-order valence-corrected chi connectivity index (χ3v) is 3.76. The zero-order chi connectivity index (χ0) is 11.0. The van der Waals surface area contributed by atoms with E-state index in [1.165, 1.54) is 0 Å². The fourth-order valence-corrected chi connectivity index (χ4v) is 2.37. The molecule has 1 heterocycles. The first kappa shape index (κ1) is 10.7. The van der Waals surface area contributed by atoms with Crippen LogP contribution < -0.4 is 0 Å². The van der Waals surface area contributed by atoms with Crippen LogP contribution >= 0.6 is 0 Å². The van der Waals surface area contributed by atoms with Crippen LogP contribution in [0.4, 0.5) is 0 Å². The maximum atomic E-state index is 12.0. The Balaban J connectivity index is 1.94. The van der Waals surface area contributed by atoms with Gasteiger partial charge < -0.3 is 4.90 Å². The van der Waals surface area contributed by atoms with Gasteiger partial charge in [-0.25, -0.2) is 0 Å². The smallest absolute Gasteiger partial charge is 0.225 e. The highest BCUT2D eigenvalue weighted by molar-refractivity contribution is 5.87. The van der Waals surface area contributed by atoms with Crippen LogP contribution in [0.2, 0.25) is 0 Å². The number of carbonyl (C=O) groups excluding carboxylic acids is 2. The summed E-state index contributed by atoms with van der Waals surface area (Å²) in [4.78, 5) is 25.4. The summed E-state index contributed by atoms with van der Waals surface area (Å²) in [6.45, 7) is 5.46. The average Bonchev–Trinajstić information content (AvgIpc) is 2.95. The van der Waals surface area contributed by atoms with Gasteiger partial charge in [0.2, 0.25) is 5.91 Å². The van der Waals surface area contributed by atoms with Gasteiger partial charge >= 0.3 is 0 Å². The molecule has 1 aliphatic heterocycles. The van der Waals surface area contributed by atoms with Crippen molar-refractivity contribution in [3.05, 3.63) is 0 Å². The number of hydrogen-bond donors (Lipinski definition) is 0. The first-order valence-corrected chi connectivity index (χ1v) is 5.95. The van der Waals surface area contributed by atoms with Gasteiger partial charge in [0.05, 0.1) is 0 Å². The van der Waals surface area contributed by atoms with Gasteiger partial charge in [0.15, 0.2) is 0 Å². The molecular weight excluding hydrogens is 190 g/mol. The van der Waals surface area contributed by atoms with Gasteiger partial charge in [0.1, 0.15) is 5.78 Å². The third kappa shape index (κ3) is 2.06. The van der Waals surface area contributed by atoms with Crippen LogP contribution in [0, 0.1) is 17.8 Å². The second kappa shape index (κ2) is 3.95. The lowest BCUT2D eigenvalue weighted by atomic mass is 9.94. The van der Waals surface area contributed by atoms with Crippen LogP contribution in [0.5, 0.6) is 0 Å². The molecule has 0 spiro atoms. The van der Waals surface area contributed by atoms with Crippen molar-refractivity contribution in [1.82, 2.24) is 4.90 Å². The Labute approximate surface area is 90.8 Å². The van der Waals surface area contributed by atoms with Crippen LogP contribution in [-0.2, 0) is 9.59 Å². The molecule has 3 atom stereocenters. The molecule has 0 N–H and O–H groups in total. The van der Waals surface area contributed by atoms with E-state index in [1.807, 2.05) is 11.8 Å². The van der Waals surface area contributed by atoms with Crippen LogP contribution in [0.15, 0.2) is 0 Å². The van der Waals surface area contributed by atoms with E-state index in [1.54, 1.807) is 0 Å². The molecule has 0 radical (unpaired) electrons. The van der Waals surface area contributed by atoms with E-state index in [0.29, 0.717) is 31.2 Å². The second-order valence-electron chi connectivity index (χ2n) is 4.93. The summed E-state index contributed by atoms with van der Waals surface area (Å²) >= 11 is 0. The lowest BCUT2D eigenvalue weighted by molar-refractivity contribution is -0.138. The number of Topliss-reactive ketones (excluding diaryl/α,β-unsaturated/α-hetero) is 1. The highest BCUT2D eigenvalue weighted by Gasteiger charge is 2.42. The maximum Gasteiger partial charge on any atom is 0.225 e. The molecule has 2 aliphatic rings. The normalized spacial score (nSPS) is 35.5. The summed E-state index contributed by atoms with van der Waals surface area (Å²) in [5, 5.41) is 0. The number of piperidine rings is 1. The molecule has 15 heavy (non-hydrogen) atoms. The van der Waals surface area contributed by atoms with Crippen molar-refractivity contribution in [3.8, 4) is 0 Å². The van der Waals surface area contributed by atoms with Gasteiger partial charge in [-0.1, -0.05) is 13.8 Å². The van der Waals surface area contributed by atoms with E-state index in [2.05, 4.69) is 6.92 Å². The Morgan fingerprint density at radius 1 is 1.53 bits per heavy atom. The van der Waals surface area contributed by atoms with Crippen molar-refractivity contribution in [1.29, 1.82) is 0 Å². The van der Waals surface area contributed by atoms with Gasteiger partial charge in [-0.05, 0) is 18.8 Å². The second-order valence-corrected chi connectivity index (χ2v) is 4.93. The van der Waals surface area contributed by atoms with E-state index >= 15 is 0 Å². The molecule has 0 bridgehead atoms. The van der Waals surface area contributed by atoms with Crippen molar-refractivity contribution >= 4 is 11.7 Å². The third-order valence-electron chi connectivity index (χ3n) is 3.76. The highest BCUT2D eigenvalue weighted by Crippen LogP contribution is 2.39. The minimum absolute atomic E-state index is 0.0942. The molecule has 1 amide bonds. The van der Waals surface area contributed by atoms with Crippen molar-refractivity contribution in [2.24, 2.45) is 17.8 Å². The van der Waals surface area contributed by atoms with Crippen LogP contribution in [-0.4, -0.2) is 29.7 Å². The number of ketones is 1. The molecule has 0 aromatic carbocycles. The Bertz CT molecular complexity index is 287. The summed E-state index contributed by atoms with van der Waals surface area (Å²) in [7, 11) is 0. The van der Waals surface area contributed by atoms with E-state index in [4.69, 9.17) is 0 Å². The molecule has 1 saturated carbocycles. The van der Waals surface area contributed by atoms with Crippen molar-refractivity contribution in [2.45, 2.75) is 33.1 Å². The molecule has 2 fully saturated rings. The number of amides is 1. The minimum Gasteiger partial charge on any atom is -0.341 e. The minimum atomic E-state index is 0.0942. The van der Waals surface area contributed by atoms with Gasteiger partial charge in [-0.15, -0.1) is 0 Å². The fraction of sp³-hybridized carbons (Fsp3) is 0.833. The topological polar surface area (TPSA) is 37.4 Å². The largest absolute Gasteiger partial charge is 0.341 e. The summed E-state index contributed by atoms with van der Waals surface area (Å²) < 4.78 is 0. The molecule has 3 unspecified atom stereocenters. The van der Waals surface area contributed by atoms with E-state index in [-0.39, 0.29) is 17.7 Å². The van der Waals surface area contributed by atoms with E-state index in [9.17, 15) is 9.59 Å². The molecule has 3 nitrogen and oxygen atoms in total. The Morgan fingerprint density at radius 3 is 2.73 bits per heavy atom. The van der Waals surface area contributed by atoms with Gasteiger partial charge in [0.25, 0.3) is 0 Å². The average molecular weight is 209 g/mol. The zero-order valence-corrected chi connectivity index (χ0v) is 9.53. The van der Waals surface area contributed by atoms with Gasteiger partial charge in [-0.3, -0.25) is 9.59 Å². The summed E-state index contributed by atoms with van der Waals surface area (Å²) in [6.07, 6.45) is 2.47. The Kier molecular flexibility index (Phi) is 2.81. The van der Waals surface area contributed by atoms with Crippen LogP contribution in [0.25, 0.3) is 0 Å². The highest BCUT2D eigenvalue weighted by atomic mass is 16.2. The standard InChI is InChI=1S/C12H19NO2/c1-3-9-7-13(5-4-11(9)14)12(15)10-6-8(10)2/h8-10H,3-7H2,1-2H3. The van der Waals surface area contributed by atoms with Crippen LogP contribution in [0.3, 0.4) is 0 Å². The van der Waals surface area contributed by atoms with E-state index < -0.39 is 0 Å². The van der Waals surface area contributed by atoms with Gasteiger partial charge in [0, 0.05) is 31.3 Å². The summed E-state index contributed by atoms with van der Waals surface area (Å²) in [5.41, 5.74) is 0. The SMILES string of the molecule is CCC1CN(C(=O)C2CC2C)CCC1=O. The van der Waals surface area contributed by atoms with Crippen molar-refractivity contribution in [3.63, 3.8) is 0 Å². The molecular formula is C12H19NO2. The summed E-state index contributed by atoms with van der Waals surface area (Å²) in [6, 6.07) is 0. The molecule has 3 heteroatoms. The van der Waals surface area contributed by atoms with Crippen LogP contribution in [0.1, 0.15) is 33.1 Å². The first-order valence-electron chi connectivity index (χ1n) is 5.95. The summed E-state index contributed by atoms with van der Waals surface area (Å²) in [5.74, 6) is 1.54. The molecule has 2 rings (SSSR count). The number of hydrogen-bond acceptors (Lipinski definition) is 2. The quantitative estimate of drug-likeness (QED) is 0.690. The van der Waals surface area contributed by atoms with Gasteiger partial charge in [-0.2, -0.15) is 0 Å². The number of likely N-dealkylation sites (tertiary alicyclic amines) is 1. The molecule has 1 saturated heterocycles. The van der Waals surface area contributed by atoms with Crippen molar-refractivity contribution < 1.29 is 9.59 Å². The Morgan fingerprint density at radius 2 is 2.20 bits per heavy atom. The zero-order valence-electron chi connectivity index (χ0n) is 9.53. The monoisotopic (exact) mass is 209 g/mol. The predicted molar refractivity (Wildman–Crippen MR) is 57.3 cm³/mol. The Hall–Kier alpha value is -0.860. The molecule has 0 aromatic heterocycles. The predicted octanol–water partition coefficient (Wildman–Crippen LogP) is 1.47.